The van der Waals surface area contributed by atoms with E-state index >= 15 is 0 Å². The highest BCUT2D eigenvalue weighted by Gasteiger charge is 2.07. The van der Waals surface area contributed by atoms with Gasteiger partial charge in [0.25, 0.3) is 0 Å². The zero-order valence-corrected chi connectivity index (χ0v) is 12.0. The van der Waals surface area contributed by atoms with Crippen molar-refractivity contribution in [2.24, 2.45) is 0 Å². The Hall–Kier alpha value is -1.33. The maximum Gasteiger partial charge on any atom is 0.354 e. The Kier molecular flexibility index (Phi) is 7.22. The monoisotopic (exact) mass is 268 g/mol. The molecule has 5 heteroatoms. The number of nitrogens with one attached hydrogen (secondary N) is 2. The van der Waals surface area contributed by atoms with Crippen LogP contribution in [0.15, 0.2) is 12.1 Å². The molecule has 0 amide bonds. The van der Waals surface area contributed by atoms with Crippen LogP contribution in [-0.4, -0.2) is 37.3 Å². The van der Waals surface area contributed by atoms with E-state index in [0.717, 1.165) is 38.2 Å². The number of carbonyl (C=O) groups excluding carboxylic acids is 1. The summed E-state index contributed by atoms with van der Waals surface area (Å²) in [6, 6.07) is 3.63. The number of unbranched alkanes of at least 4 members (excludes halogenated alkanes) is 1. The lowest BCUT2D eigenvalue weighted by Gasteiger charge is -2.07. The van der Waals surface area contributed by atoms with Gasteiger partial charge in [0.05, 0.1) is 13.2 Å². The molecule has 1 heterocycles. The van der Waals surface area contributed by atoms with Gasteiger partial charge in [0, 0.05) is 18.8 Å². The van der Waals surface area contributed by atoms with Crippen molar-refractivity contribution in [3.05, 3.63) is 23.5 Å². The zero-order valence-electron chi connectivity index (χ0n) is 12.0. The molecule has 0 unspecified atom stereocenters. The summed E-state index contributed by atoms with van der Waals surface area (Å²) in [5, 5.41) is 3.32. The molecule has 0 aromatic carbocycles. The molecule has 0 aliphatic carbocycles. The standard InChI is InChI=1S/C14H24N2O3/c1-11(2)19-9-5-4-8-15-10-12-6-7-13(16-12)14(17)18-3/h6-7,11,15-16H,4-5,8-10H2,1-3H3. The molecule has 1 rings (SSSR count). The molecule has 0 aliphatic heterocycles. The van der Waals surface area contributed by atoms with Gasteiger partial charge >= 0.3 is 5.97 Å². The van der Waals surface area contributed by atoms with E-state index in [1.54, 1.807) is 6.07 Å². The minimum absolute atomic E-state index is 0.309. The summed E-state index contributed by atoms with van der Waals surface area (Å²) in [7, 11) is 1.38. The normalized spacial score (nSPS) is 10.9. The Labute approximate surface area is 114 Å². The summed E-state index contributed by atoms with van der Waals surface area (Å²) < 4.78 is 10.1. The lowest BCUT2D eigenvalue weighted by atomic mass is 10.3. The third kappa shape index (κ3) is 6.40. The van der Waals surface area contributed by atoms with Gasteiger partial charge in [-0.15, -0.1) is 0 Å². The van der Waals surface area contributed by atoms with Crippen molar-refractivity contribution >= 4 is 5.97 Å². The molecule has 0 saturated heterocycles. The Balaban J connectivity index is 2.09. The quantitative estimate of drug-likeness (QED) is 0.532. The molecule has 19 heavy (non-hydrogen) atoms. The number of esters is 1. The van der Waals surface area contributed by atoms with Crippen LogP contribution in [0.4, 0.5) is 0 Å². The highest BCUT2D eigenvalue weighted by Crippen LogP contribution is 2.03. The number of methoxy groups -OCH3 is 1. The molecule has 1 aromatic heterocycles. The summed E-state index contributed by atoms with van der Waals surface area (Å²) in [4.78, 5) is 14.3. The number of ether oxygens (including phenoxy) is 2. The van der Waals surface area contributed by atoms with Crippen molar-refractivity contribution in [3.63, 3.8) is 0 Å². The predicted molar refractivity (Wildman–Crippen MR) is 74.2 cm³/mol. The molecule has 0 bridgehead atoms. The molecule has 0 saturated carbocycles. The molecule has 5 nitrogen and oxygen atoms in total. The van der Waals surface area contributed by atoms with Crippen LogP contribution in [0.3, 0.4) is 0 Å². The first-order valence-electron chi connectivity index (χ1n) is 6.72. The molecular weight excluding hydrogens is 244 g/mol. The third-order valence-corrected chi connectivity index (χ3v) is 2.67. The first-order chi connectivity index (χ1) is 9.13. The smallest absolute Gasteiger partial charge is 0.354 e. The second-order valence-electron chi connectivity index (χ2n) is 4.69. The molecule has 0 atom stereocenters. The number of carbonyl (C=O) groups is 1. The van der Waals surface area contributed by atoms with E-state index in [2.05, 4.69) is 15.0 Å². The Bertz CT molecular complexity index is 375. The summed E-state index contributed by atoms with van der Waals surface area (Å²) in [5.74, 6) is -0.336. The number of aromatic nitrogens is 1. The Morgan fingerprint density at radius 3 is 2.84 bits per heavy atom. The number of aromatic amines is 1. The van der Waals surface area contributed by atoms with Crippen molar-refractivity contribution in [1.82, 2.24) is 10.3 Å². The minimum Gasteiger partial charge on any atom is -0.464 e. The fourth-order valence-electron chi connectivity index (χ4n) is 1.67. The molecule has 2 N–H and O–H groups in total. The highest BCUT2D eigenvalue weighted by atomic mass is 16.5. The van der Waals surface area contributed by atoms with Crippen LogP contribution in [0.25, 0.3) is 0 Å². The van der Waals surface area contributed by atoms with E-state index in [1.165, 1.54) is 7.11 Å². The van der Waals surface area contributed by atoms with E-state index in [9.17, 15) is 4.79 Å². The van der Waals surface area contributed by atoms with Crippen molar-refractivity contribution < 1.29 is 14.3 Å². The molecule has 0 spiro atoms. The van der Waals surface area contributed by atoms with Gasteiger partial charge in [-0.1, -0.05) is 0 Å². The van der Waals surface area contributed by atoms with Gasteiger partial charge in [0.2, 0.25) is 0 Å². The van der Waals surface area contributed by atoms with Crippen LogP contribution in [0.1, 0.15) is 42.9 Å². The van der Waals surface area contributed by atoms with Gasteiger partial charge in [-0.25, -0.2) is 4.79 Å². The summed E-state index contributed by atoms with van der Waals surface area (Å²) in [5.41, 5.74) is 1.48. The van der Waals surface area contributed by atoms with Crippen LogP contribution in [-0.2, 0) is 16.0 Å². The second kappa shape index (κ2) is 8.72. The van der Waals surface area contributed by atoms with Crippen LogP contribution < -0.4 is 5.32 Å². The molecular formula is C14H24N2O3. The average molecular weight is 268 g/mol. The van der Waals surface area contributed by atoms with Gasteiger partial charge in [0.15, 0.2) is 0 Å². The SMILES string of the molecule is COC(=O)c1ccc(CNCCCCOC(C)C)[nH]1. The van der Waals surface area contributed by atoms with E-state index in [0.29, 0.717) is 11.8 Å². The summed E-state index contributed by atoms with van der Waals surface area (Å²) in [6.45, 7) is 6.56. The average Bonchev–Trinajstić information content (AvgIpc) is 2.85. The van der Waals surface area contributed by atoms with Gasteiger partial charge < -0.3 is 19.8 Å². The lowest BCUT2D eigenvalue weighted by molar-refractivity contribution is 0.0594. The minimum atomic E-state index is -0.336. The molecule has 1 aromatic rings. The molecule has 0 fully saturated rings. The van der Waals surface area contributed by atoms with Gasteiger partial charge in [0.1, 0.15) is 5.69 Å². The van der Waals surface area contributed by atoms with E-state index in [-0.39, 0.29) is 5.97 Å². The van der Waals surface area contributed by atoms with Crippen LogP contribution >= 0.6 is 0 Å². The van der Waals surface area contributed by atoms with Crippen molar-refractivity contribution in [2.45, 2.75) is 39.3 Å². The second-order valence-corrected chi connectivity index (χ2v) is 4.69. The first kappa shape index (κ1) is 15.7. The van der Waals surface area contributed by atoms with Crippen LogP contribution in [0.2, 0.25) is 0 Å². The highest BCUT2D eigenvalue weighted by molar-refractivity contribution is 5.87. The third-order valence-electron chi connectivity index (χ3n) is 2.67. The van der Waals surface area contributed by atoms with E-state index in [1.807, 2.05) is 19.9 Å². The number of H-pyrrole nitrogens is 1. The topological polar surface area (TPSA) is 63.4 Å². The Morgan fingerprint density at radius 2 is 2.16 bits per heavy atom. The van der Waals surface area contributed by atoms with Gasteiger partial charge in [-0.3, -0.25) is 0 Å². The largest absolute Gasteiger partial charge is 0.464 e. The molecule has 0 aliphatic rings. The Morgan fingerprint density at radius 1 is 1.37 bits per heavy atom. The van der Waals surface area contributed by atoms with Crippen molar-refractivity contribution in [3.8, 4) is 0 Å². The van der Waals surface area contributed by atoms with Crippen LogP contribution in [0, 0.1) is 0 Å². The van der Waals surface area contributed by atoms with Gasteiger partial charge in [-0.2, -0.15) is 0 Å². The fourth-order valence-corrected chi connectivity index (χ4v) is 1.67. The summed E-state index contributed by atoms with van der Waals surface area (Å²) >= 11 is 0. The number of rotatable bonds is 9. The maximum atomic E-state index is 11.2. The van der Waals surface area contributed by atoms with E-state index in [4.69, 9.17) is 4.74 Å². The molecule has 0 radical (unpaired) electrons. The zero-order chi connectivity index (χ0) is 14.1. The fraction of sp³-hybridized carbons (Fsp3) is 0.643. The van der Waals surface area contributed by atoms with Crippen LogP contribution in [0.5, 0.6) is 0 Å². The molecule has 108 valence electrons. The number of hydrogen-bond acceptors (Lipinski definition) is 4. The first-order valence-corrected chi connectivity index (χ1v) is 6.72. The van der Waals surface area contributed by atoms with Gasteiger partial charge in [-0.05, 0) is 45.4 Å². The maximum absolute atomic E-state index is 11.2. The van der Waals surface area contributed by atoms with Crippen molar-refractivity contribution in [2.75, 3.05) is 20.3 Å². The predicted octanol–water partition coefficient (Wildman–Crippen LogP) is 2.10. The van der Waals surface area contributed by atoms with Crippen molar-refractivity contribution in [1.29, 1.82) is 0 Å². The number of hydrogen-bond donors (Lipinski definition) is 2. The summed E-state index contributed by atoms with van der Waals surface area (Å²) in [6.07, 6.45) is 2.45. The van der Waals surface area contributed by atoms with E-state index < -0.39 is 0 Å². The lowest BCUT2D eigenvalue weighted by Crippen LogP contribution is -2.16.